The Morgan fingerprint density at radius 1 is 1.23 bits per heavy atom. The Balaban J connectivity index is 1.82. The van der Waals surface area contributed by atoms with E-state index in [1.54, 1.807) is 6.08 Å². The molecule has 0 aromatic heterocycles. The molecule has 1 aliphatic heterocycles. The van der Waals surface area contributed by atoms with Gasteiger partial charge in [-0.1, -0.05) is 32.0 Å². The molecule has 0 atom stereocenters. The number of ether oxygens (including phenoxy) is 2. The van der Waals surface area contributed by atoms with Gasteiger partial charge in [-0.3, -0.25) is 4.79 Å². The van der Waals surface area contributed by atoms with Crippen LogP contribution >= 0.6 is 0 Å². The predicted molar refractivity (Wildman–Crippen MR) is 99.5 cm³/mol. The lowest BCUT2D eigenvalue weighted by molar-refractivity contribution is -0.111. The van der Waals surface area contributed by atoms with Crippen LogP contribution < -0.4 is 10.1 Å². The molecule has 0 radical (unpaired) electrons. The predicted octanol–water partition coefficient (Wildman–Crippen LogP) is 4.47. The Morgan fingerprint density at radius 3 is 2.65 bits per heavy atom. The van der Waals surface area contributed by atoms with Crippen LogP contribution in [-0.4, -0.2) is 12.7 Å². The summed E-state index contributed by atoms with van der Waals surface area (Å²) in [5.41, 5.74) is 4.21. The van der Waals surface area contributed by atoms with E-state index in [0.29, 0.717) is 23.5 Å². The Kier molecular flexibility index (Phi) is 5.68. The highest BCUT2D eigenvalue weighted by Crippen LogP contribution is 2.30. The number of para-hydroxylation sites is 1. The summed E-state index contributed by atoms with van der Waals surface area (Å²) in [5.74, 6) is -0.0851. The minimum atomic E-state index is -0.387. The lowest BCUT2D eigenvalue weighted by atomic mass is 10.0. The normalized spacial score (nSPS) is 13.3. The molecule has 0 spiro atoms. The number of carbonyl (C=O) groups excluding carboxylic acids is 1. The Morgan fingerprint density at radius 2 is 1.96 bits per heavy atom. The second-order valence-electron chi connectivity index (χ2n) is 6.07. The summed E-state index contributed by atoms with van der Waals surface area (Å²) < 4.78 is 24.4. The van der Waals surface area contributed by atoms with Gasteiger partial charge in [-0.2, -0.15) is 0 Å². The average molecular weight is 355 g/mol. The maximum atomic E-state index is 13.8. The monoisotopic (exact) mass is 355 g/mol. The zero-order valence-electron chi connectivity index (χ0n) is 15.0. The van der Waals surface area contributed by atoms with Crippen LogP contribution in [0.4, 0.5) is 10.1 Å². The molecule has 3 rings (SSSR count). The van der Waals surface area contributed by atoms with E-state index in [0.717, 1.165) is 29.7 Å². The van der Waals surface area contributed by atoms with Crippen LogP contribution in [0.2, 0.25) is 0 Å². The molecule has 0 fully saturated rings. The maximum Gasteiger partial charge on any atom is 0.248 e. The molecule has 2 aromatic rings. The lowest BCUT2D eigenvalue weighted by Crippen LogP contribution is -2.13. The second-order valence-corrected chi connectivity index (χ2v) is 6.07. The molecular weight excluding hydrogens is 333 g/mol. The van der Waals surface area contributed by atoms with Crippen LogP contribution in [0.1, 0.15) is 36.1 Å². The Labute approximate surface area is 152 Å². The van der Waals surface area contributed by atoms with Crippen molar-refractivity contribution in [3.05, 3.63) is 64.5 Å². The first kappa shape index (κ1) is 18.1. The maximum absolute atomic E-state index is 13.8. The standard InChI is InChI=1S/C21H22FNO3/c1-3-14-6-5-7-15(4-2)20(14)23-19(24)9-8-16-10-18(22)11-17-12-25-13-26-21(16)17/h5-11H,3-4,12-13H2,1-2H3,(H,23,24)/b9-8+. The van der Waals surface area contributed by atoms with Crippen molar-refractivity contribution in [2.45, 2.75) is 33.3 Å². The second kappa shape index (κ2) is 8.15. The van der Waals surface area contributed by atoms with Gasteiger partial charge in [-0.25, -0.2) is 4.39 Å². The van der Waals surface area contributed by atoms with Gasteiger partial charge >= 0.3 is 0 Å². The van der Waals surface area contributed by atoms with Crippen molar-refractivity contribution in [2.75, 3.05) is 12.1 Å². The zero-order chi connectivity index (χ0) is 18.5. The third-order valence-corrected chi connectivity index (χ3v) is 4.36. The van der Waals surface area contributed by atoms with Gasteiger partial charge in [0.15, 0.2) is 6.79 Å². The largest absolute Gasteiger partial charge is 0.467 e. The molecule has 5 heteroatoms. The molecule has 0 aliphatic carbocycles. The number of anilines is 1. The number of hydrogen-bond donors (Lipinski definition) is 1. The number of aryl methyl sites for hydroxylation is 2. The topological polar surface area (TPSA) is 47.6 Å². The fourth-order valence-corrected chi connectivity index (χ4v) is 3.07. The molecule has 1 amide bonds. The van der Waals surface area contributed by atoms with E-state index in [1.165, 1.54) is 18.2 Å². The molecule has 2 aromatic carbocycles. The Hall–Kier alpha value is -2.66. The van der Waals surface area contributed by atoms with Crippen molar-refractivity contribution < 1.29 is 18.7 Å². The third-order valence-electron chi connectivity index (χ3n) is 4.36. The van der Waals surface area contributed by atoms with Gasteiger partial charge in [0.05, 0.1) is 6.61 Å². The van der Waals surface area contributed by atoms with E-state index in [-0.39, 0.29) is 18.5 Å². The smallest absolute Gasteiger partial charge is 0.248 e. The van der Waals surface area contributed by atoms with Crippen molar-refractivity contribution in [2.24, 2.45) is 0 Å². The number of benzene rings is 2. The first-order chi connectivity index (χ1) is 12.6. The van der Waals surface area contributed by atoms with Crippen LogP contribution in [0.25, 0.3) is 6.08 Å². The van der Waals surface area contributed by atoms with Crippen molar-refractivity contribution in [3.8, 4) is 5.75 Å². The number of amides is 1. The molecule has 1 N–H and O–H groups in total. The highest BCUT2D eigenvalue weighted by Gasteiger charge is 2.16. The van der Waals surface area contributed by atoms with Gasteiger partial charge in [-0.15, -0.1) is 0 Å². The lowest BCUT2D eigenvalue weighted by Gasteiger charge is -2.19. The summed E-state index contributed by atoms with van der Waals surface area (Å²) in [7, 11) is 0. The molecule has 4 nitrogen and oxygen atoms in total. The SMILES string of the molecule is CCc1cccc(CC)c1NC(=O)/C=C/c1cc(F)cc2c1OCOC2. The fourth-order valence-electron chi connectivity index (χ4n) is 3.07. The molecule has 0 saturated heterocycles. The summed E-state index contributed by atoms with van der Waals surface area (Å²) in [4.78, 5) is 12.4. The highest BCUT2D eigenvalue weighted by atomic mass is 19.1. The van der Waals surface area contributed by atoms with E-state index in [9.17, 15) is 9.18 Å². The van der Waals surface area contributed by atoms with E-state index >= 15 is 0 Å². The van der Waals surface area contributed by atoms with Crippen molar-refractivity contribution in [1.82, 2.24) is 0 Å². The average Bonchev–Trinajstić information content (AvgIpc) is 2.66. The Bertz CT molecular complexity index is 823. The number of nitrogens with one attached hydrogen (secondary N) is 1. The molecule has 1 heterocycles. The van der Waals surface area contributed by atoms with Gasteiger partial charge < -0.3 is 14.8 Å². The quantitative estimate of drug-likeness (QED) is 0.805. The van der Waals surface area contributed by atoms with Crippen molar-refractivity contribution >= 4 is 17.7 Å². The van der Waals surface area contributed by atoms with E-state index in [2.05, 4.69) is 19.2 Å². The number of carbonyl (C=O) groups is 1. The van der Waals surface area contributed by atoms with Gasteiger partial charge in [0.25, 0.3) is 0 Å². The van der Waals surface area contributed by atoms with Gasteiger partial charge in [0, 0.05) is 22.9 Å². The van der Waals surface area contributed by atoms with E-state index in [1.807, 2.05) is 18.2 Å². The van der Waals surface area contributed by atoms with Crippen LogP contribution in [0.3, 0.4) is 0 Å². The molecule has 0 unspecified atom stereocenters. The van der Waals surface area contributed by atoms with Crippen molar-refractivity contribution in [1.29, 1.82) is 0 Å². The fraction of sp³-hybridized carbons (Fsp3) is 0.286. The minimum Gasteiger partial charge on any atom is -0.467 e. The first-order valence-electron chi connectivity index (χ1n) is 8.75. The van der Waals surface area contributed by atoms with Crippen LogP contribution in [0.5, 0.6) is 5.75 Å². The van der Waals surface area contributed by atoms with Gasteiger partial charge in [0.1, 0.15) is 11.6 Å². The number of rotatable bonds is 5. The first-order valence-corrected chi connectivity index (χ1v) is 8.75. The van der Waals surface area contributed by atoms with Crippen LogP contribution in [0.15, 0.2) is 36.4 Å². The highest BCUT2D eigenvalue weighted by molar-refractivity contribution is 6.03. The molecule has 1 aliphatic rings. The molecule has 136 valence electrons. The summed E-state index contributed by atoms with van der Waals surface area (Å²) in [6, 6.07) is 8.76. The summed E-state index contributed by atoms with van der Waals surface area (Å²) in [6.07, 6.45) is 4.64. The third kappa shape index (κ3) is 3.94. The summed E-state index contributed by atoms with van der Waals surface area (Å²) in [6.45, 7) is 4.52. The van der Waals surface area contributed by atoms with E-state index in [4.69, 9.17) is 9.47 Å². The van der Waals surface area contributed by atoms with Crippen LogP contribution in [0, 0.1) is 5.82 Å². The number of fused-ring (bicyclic) bond motifs is 1. The molecule has 0 bridgehead atoms. The number of halogens is 1. The van der Waals surface area contributed by atoms with Crippen LogP contribution in [-0.2, 0) is 29.0 Å². The molecule has 0 saturated carbocycles. The summed E-state index contributed by atoms with van der Waals surface area (Å²) in [5, 5.41) is 2.96. The molecular formula is C21H22FNO3. The minimum absolute atomic E-state index is 0.120. The zero-order valence-corrected chi connectivity index (χ0v) is 15.0. The summed E-state index contributed by atoms with van der Waals surface area (Å²) >= 11 is 0. The molecule has 26 heavy (non-hydrogen) atoms. The van der Waals surface area contributed by atoms with Crippen molar-refractivity contribution in [3.63, 3.8) is 0 Å². The number of hydrogen-bond acceptors (Lipinski definition) is 3. The van der Waals surface area contributed by atoms with Gasteiger partial charge in [-0.05, 0) is 42.2 Å². The van der Waals surface area contributed by atoms with E-state index < -0.39 is 0 Å². The van der Waals surface area contributed by atoms with Gasteiger partial charge in [0.2, 0.25) is 5.91 Å².